The van der Waals surface area contributed by atoms with Gasteiger partial charge in [-0.15, -0.1) is 0 Å². The van der Waals surface area contributed by atoms with Gasteiger partial charge in [-0.05, 0) is 66.6 Å². The second-order valence-corrected chi connectivity index (χ2v) is 10.3. The van der Waals surface area contributed by atoms with E-state index in [-0.39, 0.29) is 47.0 Å². The Morgan fingerprint density at radius 2 is 1.53 bits per heavy atom. The van der Waals surface area contributed by atoms with Crippen LogP contribution in [-0.2, 0) is 23.9 Å². The van der Waals surface area contributed by atoms with Crippen LogP contribution >= 0.6 is 0 Å². The minimum atomic E-state index is -0.758. The molecule has 0 radical (unpaired) electrons. The Labute approximate surface area is 219 Å². The second-order valence-electron chi connectivity index (χ2n) is 10.3. The van der Waals surface area contributed by atoms with E-state index in [1.807, 2.05) is 26.0 Å². The Hall–Kier alpha value is -4.27. The van der Waals surface area contributed by atoms with Gasteiger partial charge in [-0.25, -0.2) is 14.5 Å². The van der Waals surface area contributed by atoms with Crippen molar-refractivity contribution in [2.45, 2.75) is 20.3 Å². The Kier molecular flexibility index (Phi) is 6.84. The summed E-state index contributed by atoms with van der Waals surface area (Å²) in [6, 6.07) is 12.3. The standard InChI is InChI=1S/C29H28N2O7/c1-16(2)14-37-28(35)17-8-10-21(11-9-17)30-23(32)15-38-29(36)20-4-3-5-22(13-20)31-26(33)24-18-6-7-19(12-18)25(24)27(31)34/h3-11,13,16,18-19,24-25H,12,14-15H2,1-2H3,(H,30,32)/t18-,19-,24+,25+/m0/s1. The first-order valence-corrected chi connectivity index (χ1v) is 12.6. The monoisotopic (exact) mass is 516 g/mol. The number of esters is 2. The number of benzene rings is 2. The second kappa shape index (κ2) is 10.2. The zero-order valence-electron chi connectivity index (χ0n) is 21.1. The molecule has 9 heteroatoms. The number of nitrogens with one attached hydrogen (secondary N) is 1. The van der Waals surface area contributed by atoms with Crippen LogP contribution in [0.4, 0.5) is 11.4 Å². The van der Waals surface area contributed by atoms with E-state index in [9.17, 15) is 24.0 Å². The van der Waals surface area contributed by atoms with Crippen LogP contribution in [0.3, 0.4) is 0 Å². The predicted octanol–water partition coefficient (Wildman–Crippen LogP) is 3.61. The topological polar surface area (TPSA) is 119 Å². The van der Waals surface area contributed by atoms with Crippen LogP contribution < -0.4 is 10.2 Å². The van der Waals surface area contributed by atoms with E-state index in [1.54, 1.807) is 24.3 Å². The molecule has 1 saturated carbocycles. The highest BCUT2D eigenvalue weighted by atomic mass is 16.5. The molecule has 1 N–H and O–H groups in total. The average molecular weight is 517 g/mol. The van der Waals surface area contributed by atoms with Crippen LogP contribution in [0.2, 0.25) is 0 Å². The maximum Gasteiger partial charge on any atom is 0.338 e. The first-order valence-electron chi connectivity index (χ1n) is 12.6. The minimum absolute atomic E-state index is 0.0908. The molecule has 38 heavy (non-hydrogen) atoms. The van der Waals surface area contributed by atoms with Gasteiger partial charge in [0.05, 0.1) is 35.3 Å². The van der Waals surface area contributed by atoms with Crippen molar-refractivity contribution in [2.24, 2.45) is 29.6 Å². The van der Waals surface area contributed by atoms with E-state index in [2.05, 4.69) is 5.32 Å². The van der Waals surface area contributed by atoms with Gasteiger partial charge in [0.1, 0.15) is 0 Å². The zero-order valence-corrected chi connectivity index (χ0v) is 21.1. The number of carbonyl (C=O) groups excluding carboxylic acids is 5. The Balaban J connectivity index is 1.16. The molecule has 3 amide bonds. The van der Waals surface area contributed by atoms with Crippen molar-refractivity contribution >= 4 is 41.0 Å². The SMILES string of the molecule is CC(C)COC(=O)c1ccc(NC(=O)COC(=O)c2cccc(N3C(=O)[C@H]4[C@H](C3=O)[C@H]3C=C[C@H]4C3)c2)cc1. The fraction of sp³-hybridized carbons (Fsp3) is 0.345. The molecule has 1 saturated heterocycles. The van der Waals surface area contributed by atoms with Crippen LogP contribution in [0.5, 0.6) is 0 Å². The number of fused-ring (bicyclic) bond motifs is 5. The molecule has 4 atom stereocenters. The van der Waals surface area contributed by atoms with Crippen molar-refractivity contribution in [3.8, 4) is 0 Å². The summed E-state index contributed by atoms with van der Waals surface area (Å²) < 4.78 is 10.3. The molecule has 5 rings (SSSR count). The lowest BCUT2D eigenvalue weighted by atomic mass is 9.85. The van der Waals surface area contributed by atoms with Crippen LogP contribution in [0, 0.1) is 29.6 Å². The number of allylic oxidation sites excluding steroid dienone is 2. The quantitative estimate of drug-likeness (QED) is 0.323. The lowest BCUT2D eigenvalue weighted by Gasteiger charge is -2.18. The summed E-state index contributed by atoms with van der Waals surface area (Å²) in [5, 5.41) is 2.60. The van der Waals surface area contributed by atoms with Gasteiger partial charge in [-0.1, -0.05) is 32.1 Å². The number of hydrogen-bond acceptors (Lipinski definition) is 7. The highest BCUT2D eigenvalue weighted by molar-refractivity contribution is 6.23. The first kappa shape index (κ1) is 25.4. The van der Waals surface area contributed by atoms with Gasteiger partial charge >= 0.3 is 11.9 Å². The number of hydrogen-bond donors (Lipinski definition) is 1. The van der Waals surface area contributed by atoms with Gasteiger partial charge in [0.25, 0.3) is 5.91 Å². The minimum Gasteiger partial charge on any atom is -0.462 e. The van der Waals surface area contributed by atoms with Gasteiger partial charge in [-0.3, -0.25) is 14.4 Å². The number of imide groups is 1. The third-order valence-corrected chi connectivity index (χ3v) is 7.10. The molecule has 2 aromatic carbocycles. The molecule has 0 aromatic heterocycles. The van der Waals surface area contributed by atoms with Crippen molar-refractivity contribution in [3.05, 3.63) is 71.8 Å². The third-order valence-electron chi connectivity index (χ3n) is 7.10. The van der Waals surface area contributed by atoms with Crippen molar-refractivity contribution in [2.75, 3.05) is 23.4 Å². The number of ether oxygens (including phenoxy) is 2. The molecule has 2 bridgehead atoms. The van der Waals surface area contributed by atoms with Crippen molar-refractivity contribution in [1.29, 1.82) is 0 Å². The highest BCUT2D eigenvalue weighted by Crippen LogP contribution is 2.53. The van der Waals surface area contributed by atoms with Gasteiger partial charge in [-0.2, -0.15) is 0 Å². The zero-order chi connectivity index (χ0) is 27.0. The van der Waals surface area contributed by atoms with E-state index in [4.69, 9.17) is 9.47 Å². The molecular weight excluding hydrogens is 488 g/mol. The van der Waals surface area contributed by atoms with Gasteiger partial charge in [0, 0.05) is 5.69 Å². The maximum absolute atomic E-state index is 13.1. The average Bonchev–Trinajstić information content (AvgIpc) is 3.59. The molecular formula is C29H28N2O7. The van der Waals surface area contributed by atoms with E-state index >= 15 is 0 Å². The summed E-state index contributed by atoms with van der Waals surface area (Å²) in [6.07, 6.45) is 4.88. The summed E-state index contributed by atoms with van der Waals surface area (Å²) >= 11 is 0. The summed E-state index contributed by atoms with van der Waals surface area (Å²) in [7, 11) is 0. The predicted molar refractivity (Wildman–Crippen MR) is 137 cm³/mol. The molecule has 2 aliphatic carbocycles. The van der Waals surface area contributed by atoms with Crippen LogP contribution in [-0.4, -0.2) is 42.9 Å². The summed E-state index contributed by atoms with van der Waals surface area (Å²) in [5.41, 5.74) is 1.23. The van der Waals surface area contributed by atoms with Crippen LogP contribution in [0.1, 0.15) is 41.0 Å². The number of nitrogens with zero attached hydrogens (tertiary/aromatic N) is 1. The fourth-order valence-corrected chi connectivity index (χ4v) is 5.36. The van der Waals surface area contributed by atoms with Crippen molar-refractivity contribution in [3.63, 3.8) is 0 Å². The Bertz CT molecular complexity index is 1300. The maximum atomic E-state index is 13.1. The normalized spacial score (nSPS) is 23.1. The Morgan fingerprint density at radius 1 is 0.895 bits per heavy atom. The third kappa shape index (κ3) is 4.83. The van der Waals surface area contributed by atoms with Gasteiger partial charge < -0.3 is 14.8 Å². The summed E-state index contributed by atoms with van der Waals surface area (Å²) in [6.45, 7) is 3.66. The first-order chi connectivity index (χ1) is 18.2. The van der Waals surface area contributed by atoms with Gasteiger partial charge in [0.15, 0.2) is 6.61 Å². The summed E-state index contributed by atoms with van der Waals surface area (Å²) in [5.74, 6) is -2.51. The molecule has 1 heterocycles. The van der Waals surface area contributed by atoms with E-state index < -0.39 is 24.5 Å². The number of rotatable bonds is 8. The van der Waals surface area contributed by atoms with E-state index in [0.29, 0.717) is 23.5 Å². The molecule has 1 aliphatic heterocycles. The Morgan fingerprint density at radius 3 is 2.16 bits per heavy atom. The van der Waals surface area contributed by atoms with Crippen molar-refractivity contribution in [1.82, 2.24) is 0 Å². The molecule has 2 aromatic rings. The fourth-order valence-electron chi connectivity index (χ4n) is 5.36. The number of carbonyl (C=O) groups is 5. The molecule has 0 spiro atoms. The molecule has 0 unspecified atom stereocenters. The molecule has 9 nitrogen and oxygen atoms in total. The summed E-state index contributed by atoms with van der Waals surface area (Å²) in [4.78, 5) is 64.2. The number of amides is 3. The lowest BCUT2D eigenvalue weighted by molar-refractivity contribution is -0.123. The lowest BCUT2D eigenvalue weighted by Crippen LogP contribution is -2.33. The van der Waals surface area contributed by atoms with E-state index in [1.165, 1.54) is 29.2 Å². The van der Waals surface area contributed by atoms with Crippen LogP contribution in [0.15, 0.2) is 60.7 Å². The molecule has 2 fully saturated rings. The van der Waals surface area contributed by atoms with Crippen LogP contribution in [0.25, 0.3) is 0 Å². The highest BCUT2D eigenvalue weighted by Gasteiger charge is 2.59. The number of anilines is 2. The van der Waals surface area contributed by atoms with Crippen molar-refractivity contribution < 1.29 is 33.4 Å². The molecule has 3 aliphatic rings. The van der Waals surface area contributed by atoms with Gasteiger partial charge in [0.2, 0.25) is 11.8 Å². The molecule has 196 valence electrons. The smallest absolute Gasteiger partial charge is 0.338 e. The largest absolute Gasteiger partial charge is 0.462 e. The van der Waals surface area contributed by atoms with E-state index in [0.717, 1.165) is 6.42 Å².